The third kappa shape index (κ3) is 4.58. The first-order valence-corrected chi connectivity index (χ1v) is 10.4. The highest BCUT2D eigenvalue weighted by Crippen LogP contribution is 2.33. The molecule has 1 fully saturated rings. The monoisotopic (exact) mass is 415 g/mol. The number of nitrogens with one attached hydrogen (secondary N) is 1. The maximum Gasteiger partial charge on any atom is 0.254 e. The summed E-state index contributed by atoms with van der Waals surface area (Å²) in [6, 6.07) is 19.3. The summed E-state index contributed by atoms with van der Waals surface area (Å²) in [5.41, 5.74) is 3.64. The zero-order valence-corrected chi connectivity index (χ0v) is 17.5. The number of nitrogens with zero attached hydrogens (tertiary/aromatic N) is 2. The summed E-state index contributed by atoms with van der Waals surface area (Å²) in [7, 11) is 1.66. The molecular formula is C25H25N3O3. The second-order valence-corrected chi connectivity index (χ2v) is 7.54. The minimum atomic E-state index is -0.343. The largest absolute Gasteiger partial charge is 0.496 e. The third-order valence-electron chi connectivity index (χ3n) is 5.59. The Morgan fingerprint density at radius 3 is 2.55 bits per heavy atom. The normalized spacial score (nSPS) is 16.4. The Balaban J connectivity index is 1.61. The van der Waals surface area contributed by atoms with Crippen molar-refractivity contribution >= 4 is 11.8 Å². The van der Waals surface area contributed by atoms with Crippen molar-refractivity contribution in [1.29, 1.82) is 0 Å². The molecular weight excluding hydrogens is 390 g/mol. The number of amides is 2. The van der Waals surface area contributed by atoms with E-state index in [0.29, 0.717) is 31.6 Å². The van der Waals surface area contributed by atoms with Gasteiger partial charge in [0.1, 0.15) is 5.75 Å². The molecule has 1 atom stereocenters. The van der Waals surface area contributed by atoms with E-state index < -0.39 is 0 Å². The van der Waals surface area contributed by atoms with E-state index in [1.807, 2.05) is 48.5 Å². The minimum Gasteiger partial charge on any atom is -0.496 e. The molecule has 2 heterocycles. The van der Waals surface area contributed by atoms with E-state index >= 15 is 0 Å². The van der Waals surface area contributed by atoms with E-state index in [4.69, 9.17) is 4.74 Å². The van der Waals surface area contributed by atoms with E-state index in [-0.39, 0.29) is 17.7 Å². The number of benzene rings is 2. The summed E-state index contributed by atoms with van der Waals surface area (Å²) < 4.78 is 5.55. The number of aromatic nitrogens is 1. The molecule has 6 heteroatoms. The predicted octanol–water partition coefficient (Wildman–Crippen LogP) is 3.19. The van der Waals surface area contributed by atoms with Crippen LogP contribution in [0.3, 0.4) is 0 Å². The Bertz CT molecular complexity index is 1070. The Morgan fingerprint density at radius 1 is 1.06 bits per heavy atom. The number of para-hydroxylation sites is 1. The summed E-state index contributed by atoms with van der Waals surface area (Å²) in [4.78, 5) is 31.5. The molecule has 1 aliphatic rings. The van der Waals surface area contributed by atoms with Gasteiger partial charge >= 0.3 is 0 Å². The molecule has 1 N–H and O–H groups in total. The first kappa shape index (κ1) is 20.6. The van der Waals surface area contributed by atoms with Gasteiger partial charge in [-0.25, -0.2) is 0 Å². The molecule has 31 heavy (non-hydrogen) atoms. The van der Waals surface area contributed by atoms with Gasteiger partial charge in [-0.1, -0.05) is 42.5 Å². The highest BCUT2D eigenvalue weighted by Gasteiger charge is 2.29. The lowest BCUT2D eigenvalue weighted by molar-refractivity contribution is -0.124. The number of pyridine rings is 1. The van der Waals surface area contributed by atoms with Gasteiger partial charge in [0.25, 0.3) is 5.91 Å². The molecule has 0 bridgehead atoms. The number of methoxy groups -OCH3 is 1. The van der Waals surface area contributed by atoms with Gasteiger partial charge in [-0.15, -0.1) is 0 Å². The number of hydrogen-bond acceptors (Lipinski definition) is 4. The third-order valence-corrected chi connectivity index (χ3v) is 5.59. The van der Waals surface area contributed by atoms with Crippen LogP contribution in [0.5, 0.6) is 5.75 Å². The molecule has 0 radical (unpaired) electrons. The van der Waals surface area contributed by atoms with E-state index in [1.165, 1.54) is 0 Å². The van der Waals surface area contributed by atoms with Crippen molar-refractivity contribution in [2.75, 3.05) is 26.7 Å². The summed E-state index contributed by atoms with van der Waals surface area (Å²) in [6.45, 7) is 1.30. The average Bonchev–Trinajstić information content (AvgIpc) is 3.01. The molecule has 0 unspecified atom stereocenters. The van der Waals surface area contributed by atoms with Crippen molar-refractivity contribution in [3.05, 3.63) is 84.2 Å². The quantitative estimate of drug-likeness (QED) is 0.695. The second kappa shape index (κ2) is 9.43. The van der Waals surface area contributed by atoms with Gasteiger partial charge in [0.05, 0.1) is 13.0 Å². The SMILES string of the molecule is COc1ccccc1-c1ccccc1C[C@@H]1CN(C(=O)c2ccncc2)CCNC1=O. The average molecular weight is 415 g/mol. The van der Waals surface area contributed by atoms with Gasteiger partial charge in [-0.05, 0) is 35.7 Å². The molecule has 2 aromatic carbocycles. The lowest BCUT2D eigenvalue weighted by Gasteiger charge is -2.24. The topological polar surface area (TPSA) is 71.5 Å². The fraction of sp³-hybridized carbons (Fsp3) is 0.240. The smallest absolute Gasteiger partial charge is 0.254 e. The van der Waals surface area contributed by atoms with Crippen LogP contribution >= 0.6 is 0 Å². The van der Waals surface area contributed by atoms with Crippen LogP contribution in [0.25, 0.3) is 11.1 Å². The van der Waals surface area contributed by atoms with E-state index in [1.54, 1.807) is 36.5 Å². The van der Waals surface area contributed by atoms with Gasteiger partial charge in [0, 0.05) is 43.2 Å². The maximum absolute atomic E-state index is 13.0. The zero-order valence-electron chi connectivity index (χ0n) is 17.5. The van der Waals surface area contributed by atoms with E-state index in [2.05, 4.69) is 10.3 Å². The number of carbonyl (C=O) groups is 2. The van der Waals surface area contributed by atoms with Gasteiger partial charge in [0.2, 0.25) is 5.91 Å². The van der Waals surface area contributed by atoms with Crippen LogP contribution in [0, 0.1) is 5.92 Å². The molecule has 4 rings (SSSR count). The molecule has 3 aromatic rings. The Labute approximate surface area is 181 Å². The Hall–Kier alpha value is -3.67. The Kier molecular flexibility index (Phi) is 6.26. The molecule has 0 aliphatic carbocycles. The van der Waals surface area contributed by atoms with Crippen LogP contribution in [0.15, 0.2) is 73.1 Å². The van der Waals surface area contributed by atoms with Crippen LogP contribution in [0.4, 0.5) is 0 Å². The highest BCUT2D eigenvalue weighted by atomic mass is 16.5. The molecule has 2 amide bonds. The summed E-state index contributed by atoms with van der Waals surface area (Å²) >= 11 is 0. The first-order valence-electron chi connectivity index (χ1n) is 10.4. The molecule has 6 nitrogen and oxygen atoms in total. The lowest BCUT2D eigenvalue weighted by atomic mass is 9.91. The van der Waals surface area contributed by atoms with Crippen molar-refractivity contribution < 1.29 is 14.3 Å². The number of rotatable bonds is 5. The lowest BCUT2D eigenvalue weighted by Crippen LogP contribution is -2.37. The number of carbonyl (C=O) groups excluding carboxylic acids is 2. The second-order valence-electron chi connectivity index (χ2n) is 7.54. The zero-order chi connectivity index (χ0) is 21.6. The Morgan fingerprint density at radius 2 is 1.77 bits per heavy atom. The predicted molar refractivity (Wildman–Crippen MR) is 119 cm³/mol. The van der Waals surface area contributed by atoms with Crippen LogP contribution in [-0.2, 0) is 11.2 Å². The number of ether oxygens (including phenoxy) is 1. The molecule has 0 saturated carbocycles. The van der Waals surface area contributed by atoms with Crippen molar-refractivity contribution in [2.24, 2.45) is 5.92 Å². The maximum atomic E-state index is 13.0. The number of hydrogen-bond donors (Lipinski definition) is 1. The highest BCUT2D eigenvalue weighted by molar-refractivity contribution is 5.94. The van der Waals surface area contributed by atoms with Crippen LogP contribution in [-0.4, -0.2) is 48.4 Å². The molecule has 1 saturated heterocycles. The van der Waals surface area contributed by atoms with Gasteiger partial charge in [-0.3, -0.25) is 14.6 Å². The van der Waals surface area contributed by atoms with Crippen LogP contribution in [0.1, 0.15) is 15.9 Å². The van der Waals surface area contributed by atoms with E-state index in [9.17, 15) is 9.59 Å². The first-order chi connectivity index (χ1) is 15.2. The van der Waals surface area contributed by atoms with Crippen molar-refractivity contribution in [3.8, 4) is 16.9 Å². The van der Waals surface area contributed by atoms with Gasteiger partial charge in [0.15, 0.2) is 0 Å². The molecule has 1 aliphatic heterocycles. The summed E-state index contributed by atoms with van der Waals surface area (Å²) in [6.07, 6.45) is 3.74. The van der Waals surface area contributed by atoms with Gasteiger partial charge < -0.3 is 15.0 Å². The van der Waals surface area contributed by atoms with Crippen molar-refractivity contribution in [2.45, 2.75) is 6.42 Å². The standard InChI is InChI=1S/C25H25N3O3/c1-31-23-9-5-4-8-22(23)21-7-3-2-6-19(21)16-20-17-28(15-14-27-24(20)29)25(30)18-10-12-26-13-11-18/h2-13,20H,14-17H2,1H3,(H,27,29)/t20-/m1/s1. The van der Waals surface area contributed by atoms with Gasteiger partial charge in [-0.2, -0.15) is 0 Å². The summed E-state index contributed by atoms with van der Waals surface area (Å²) in [5, 5.41) is 2.96. The molecule has 1 aromatic heterocycles. The van der Waals surface area contributed by atoms with Crippen LogP contribution in [0.2, 0.25) is 0 Å². The molecule has 0 spiro atoms. The fourth-order valence-corrected chi connectivity index (χ4v) is 4.01. The van der Waals surface area contributed by atoms with Crippen LogP contribution < -0.4 is 10.1 Å². The fourth-order valence-electron chi connectivity index (χ4n) is 4.01. The van der Waals surface area contributed by atoms with Crippen molar-refractivity contribution in [1.82, 2.24) is 15.2 Å². The van der Waals surface area contributed by atoms with E-state index in [0.717, 1.165) is 22.4 Å². The minimum absolute atomic E-state index is 0.0279. The summed E-state index contributed by atoms with van der Waals surface area (Å²) in [5.74, 6) is 0.334. The molecule has 158 valence electrons. The van der Waals surface area contributed by atoms with Crippen molar-refractivity contribution in [3.63, 3.8) is 0 Å².